The first-order valence-electron chi connectivity index (χ1n) is 13.4. The number of carbonyl (C=O) groups excluding carboxylic acids is 1. The van der Waals surface area contributed by atoms with Crippen LogP contribution in [0.3, 0.4) is 0 Å². The molecule has 2 heterocycles. The molecule has 5 N–H and O–H groups in total. The maximum Gasteiger partial charge on any atom is 0.277 e. The number of nitrogens with zero attached hydrogens (tertiary/aromatic N) is 4. The standard InChI is InChI=1S/C30H38N6O4/c1-33-27(23-10-8-21(17-31)9-11-23)28-26(32)29(38)36(20-34-28)19-30(39)12-14-35(15-13-30)25(37)16-24(18-40-2)22-6-4-3-5-7-22/h3-11,20,24,39H,12-19,31-32H2,1-2H3. The molecule has 40 heavy (non-hydrogen) atoms. The summed E-state index contributed by atoms with van der Waals surface area (Å²) in [6, 6.07) is 17.4. The van der Waals surface area contributed by atoms with E-state index in [-0.39, 0.29) is 24.1 Å². The first-order chi connectivity index (χ1) is 19.3. The number of amides is 1. The number of aromatic nitrogens is 2. The molecule has 0 spiro atoms. The van der Waals surface area contributed by atoms with Crippen LogP contribution >= 0.6 is 0 Å². The average Bonchev–Trinajstić information content (AvgIpc) is 2.98. The highest BCUT2D eigenvalue weighted by molar-refractivity contribution is 6.14. The van der Waals surface area contributed by atoms with Crippen LogP contribution in [0.1, 0.15) is 47.6 Å². The number of likely N-dealkylation sites (tertiary alicyclic amines) is 1. The lowest BCUT2D eigenvalue weighted by Gasteiger charge is -2.39. The van der Waals surface area contributed by atoms with Crippen LogP contribution < -0.4 is 17.0 Å². The minimum absolute atomic E-state index is 0.0197. The van der Waals surface area contributed by atoms with Crippen LogP contribution in [0.15, 0.2) is 70.7 Å². The Bertz CT molecular complexity index is 1380. The third kappa shape index (κ3) is 6.64. The first kappa shape index (κ1) is 29.1. The molecule has 3 aromatic rings. The third-order valence-corrected chi connectivity index (χ3v) is 7.55. The zero-order valence-electron chi connectivity index (χ0n) is 23.1. The SMILES string of the molecule is CN=C(c1ccc(CN)cc1)c1ncn(CC2(O)CCN(C(=O)CC(COC)c3ccccc3)CC2)c(=O)c1N. The number of nitrogen functional groups attached to an aromatic ring is 1. The number of hydrogen-bond donors (Lipinski definition) is 3. The molecular formula is C30H38N6O4. The number of ether oxygens (including phenoxy) is 1. The minimum Gasteiger partial charge on any atom is -0.392 e. The summed E-state index contributed by atoms with van der Waals surface area (Å²) in [6.07, 6.45) is 2.40. The molecule has 0 radical (unpaired) electrons. The molecule has 1 amide bonds. The Morgan fingerprint density at radius 3 is 2.42 bits per heavy atom. The Hall–Kier alpha value is -3.86. The molecule has 2 aromatic carbocycles. The molecule has 1 aliphatic rings. The summed E-state index contributed by atoms with van der Waals surface area (Å²) < 4.78 is 6.70. The predicted octanol–water partition coefficient (Wildman–Crippen LogP) is 1.93. The molecule has 1 aromatic heterocycles. The molecular weight excluding hydrogens is 508 g/mol. The molecule has 212 valence electrons. The number of methoxy groups -OCH3 is 1. The number of anilines is 1. The van der Waals surface area contributed by atoms with Crippen molar-refractivity contribution in [2.24, 2.45) is 10.7 Å². The quantitative estimate of drug-likeness (QED) is 0.329. The van der Waals surface area contributed by atoms with E-state index in [0.717, 1.165) is 16.7 Å². The summed E-state index contributed by atoms with van der Waals surface area (Å²) in [5.41, 5.74) is 13.9. The summed E-state index contributed by atoms with van der Waals surface area (Å²) in [4.78, 5) is 36.8. The lowest BCUT2D eigenvalue weighted by Crippen LogP contribution is -2.50. The van der Waals surface area contributed by atoms with Gasteiger partial charge < -0.3 is 26.2 Å². The third-order valence-electron chi connectivity index (χ3n) is 7.55. The number of hydrogen-bond acceptors (Lipinski definition) is 8. The van der Waals surface area contributed by atoms with Crippen LogP contribution in [-0.2, 0) is 22.6 Å². The van der Waals surface area contributed by atoms with E-state index in [9.17, 15) is 14.7 Å². The molecule has 0 bridgehead atoms. The van der Waals surface area contributed by atoms with Crippen molar-refractivity contribution in [1.29, 1.82) is 0 Å². The van der Waals surface area contributed by atoms with E-state index in [2.05, 4.69) is 9.98 Å². The molecule has 1 atom stereocenters. The smallest absolute Gasteiger partial charge is 0.277 e. The van der Waals surface area contributed by atoms with Gasteiger partial charge in [0.15, 0.2) is 0 Å². The van der Waals surface area contributed by atoms with Gasteiger partial charge in [0, 0.05) is 51.7 Å². The number of aliphatic hydroxyl groups is 1. The first-order valence-corrected chi connectivity index (χ1v) is 13.4. The lowest BCUT2D eigenvalue weighted by molar-refractivity contribution is -0.136. The zero-order chi connectivity index (χ0) is 28.7. The van der Waals surface area contributed by atoms with Crippen molar-refractivity contribution in [3.63, 3.8) is 0 Å². The molecule has 10 nitrogen and oxygen atoms in total. The van der Waals surface area contributed by atoms with E-state index in [4.69, 9.17) is 16.2 Å². The van der Waals surface area contributed by atoms with Gasteiger partial charge in [0.25, 0.3) is 5.56 Å². The van der Waals surface area contributed by atoms with Gasteiger partial charge in [-0.25, -0.2) is 4.98 Å². The lowest BCUT2D eigenvalue weighted by atomic mass is 9.90. The second-order valence-corrected chi connectivity index (χ2v) is 10.3. The van der Waals surface area contributed by atoms with Crippen molar-refractivity contribution in [3.8, 4) is 0 Å². The molecule has 1 saturated heterocycles. The Balaban J connectivity index is 1.42. The van der Waals surface area contributed by atoms with Gasteiger partial charge in [0.1, 0.15) is 11.4 Å². The fourth-order valence-corrected chi connectivity index (χ4v) is 5.16. The van der Waals surface area contributed by atoms with Crippen molar-refractivity contribution < 1.29 is 14.6 Å². The van der Waals surface area contributed by atoms with Gasteiger partial charge in [0.05, 0.1) is 30.8 Å². The van der Waals surface area contributed by atoms with Gasteiger partial charge in [-0.15, -0.1) is 0 Å². The maximum atomic E-state index is 13.2. The number of nitrogens with two attached hydrogens (primary N) is 2. The molecule has 1 aliphatic heterocycles. The minimum atomic E-state index is -1.17. The molecule has 0 aliphatic carbocycles. The molecule has 1 unspecified atom stereocenters. The number of benzene rings is 2. The van der Waals surface area contributed by atoms with E-state index < -0.39 is 11.2 Å². The van der Waals surface area contributed by atoms with Crippen LogP contribution in [0.4, 0.5) is 5.69 Å². The topological polar surface area (TPSA) is 149 Å². The Kier molecular flexibility index (Phi) is 9.46. The van der Waals surface area contributed by atoms with E-state index in [1.54, 1.807) is 19.1 Å². The van der Waals surface area contributed by atoms with E-state index in [1.165, 1.54) is 10.9 Å². The summed E-state index contributed by atoms with van der Waals surface area (Å²) >= 11 is 0. The fourth-order valence-electron chi connectivity index (χ4n) is 5.16. The zero-order valence-corrected chi connectivity index (χ0v) is 23.1. The fraction of sp³-hybridized carbons (Fsp3) is 0.400. The van der Waals surface area contributed by atoms with Crippen LogP contribution in [0.5, 0.6) is 0 Å². The maximum absolute atomic E-state index is 13.2. The van der Waals surface area contributed by atoms with Gasteiger partial charge in [-0.3, -0.25) is 19.1 Å². The van der Waals surface area contributed by atoms with E-state index >= 15 is 0 Å². The summed E-state index contributed by atoms with van der Waals surface area (Å²) in [5, 5.41) is 11.3. The Labute approximate surface area is 234 Å². The van der Waals surface area contributed by atoms with Crippen LogP contribution in [0, 0.1) is 0 Å². The highest BCUT2D eigenvalue weighted by Gasteiger charge is 2.35. The second-order valence-electron chi connectivity index (χ2n) is 10.3. The van der Waals surface area contributed by atoms with Crippen LogP contribution in [0.2, 0.25) is 0 Å². The molecule has 0 saturated carbocycles. The van der Waals surface area contributed by atoms with Crippen molar-refractivity contribution in [1.82, 2.24) is 14.5 Å². The van der Waals surface area contributed by atoms with Gasteiger partial charge in [0.2, 0.25) is 5.91 Å². The van der Waals surface area contributed by atoms with E-state index in [1.807, 2.05) is 54.6 Å². The van der Waals surface area contributed by atoms with Crippen molar-refractivity contribution in [2.45, 2.75) is 43.9 Å². The second kappa shape index (κ2) is 13.0. The normalized spacial score (nSPS) is 16.1. The summed E-state index contributed by atoms with van der Waals surface area (Å²) in [7, 11) is 3.25. The number of aliphatic imine (C=N–C) groups is 1. The Morgan fingerprint density at radius 1 is 1.15 bits per heavy atom. The summed E-state index contributed by atoms with van der Waals surface area (Å²) in [5.74, 6) is -0.0212. The largest absolute Gasteiger partial charge is 0.392 e. The highest BCUT2D eigenvalue weighted by Crippen LogP contribution is 2.27. The molecule has 1 fully saturated rings. The Morgan fingerprint density at radius 2 is 1.82 bits per heavy atom. The van der Waals surface area contributed by atoms with Gasteiger partial charge in [-0.05, 0) is 24.0 Å². The van der Waals surface area contributed by atoms with Crippen molar-refractivity contribution in [3.05, 3.63) is 93.7 Å². The monoisotopic (exact) mass is 546 g/mol. The highest BCUT2D eigenvalue weighted by atomic mass is 16.5. The summed E-state index contributed by atoms with van der Waals surface area (Å²) in [6.45, 7) is 1.69. The van der Waals surface area contributed by atoms with E-state index in [0.29, 0.717) is 56.9 Å². The van der Waals surface area contributed by atoms with Gasteiger partial charge >= 0.3 is 0 Å². The predicted molar refractivity (Wildman–Crippen MR) is 155 cm³/mol. The van der Waals surface area contributed by atoms with Crippen LogP contribution in [0.25, 0.3) is 0 Å². The van der Waals surface area contributed by atoms with Crippen molar-refractivity contribution in [2.75, 3.05) is 39.6 Å². The number of carbonyl (C=O) groups is 1. The molecule has 10 heteroatoms. The number of rotatable bonds is 10. The van der Waals surface area contributed by atoms with Crippen LogP contribution in [-0.4, -0.2) is 70.6 Å². The van der Waals surface area contributed by atoms with Gasteiger partial charge in [-0.2, -0.15) is 0 Å². The van der Waals surface area contributed by atoms with Gasteiger partial charge in [-0.1, -0.05) is 54.6 Å². The van der Waals surface area contributed by atoms with Crippen molar-refractivity contribution >= 4 is 17.3 Å². The average molecular weight is 547 g/mol. The number of piperidine rings is 1. The molecule has 4 rings (SSSR count).